The van der Waals surface area contributed by atoms with Crippen LogP contribution in [0.1, 0.15) is 12.5 Å². The van der Waals surface area contributed by atoms with Crippen LogP contribution >= 0.6 is 11.3 Å². The summed E-state index contributed by atoms with van der Waals surface area (Å²) in [5.74, 6) is -0.463. The lowest BCUT2D eigenvalue weighted by molar-refractivity contribution is -0.116. The van der Waals surface area contributed by atoms with E-state index in [4.69, 9.17) is 0 Å². The molecule has 0 spiro atoms. The van der Waals surface area contributed by atoms with Crippen LogP contribution in [0.4, 0.5) is 11.4 Å². The van der Waals surface area contributed by atoms with Gasteiger partial charge in [0.2, 0.25) is 15.9 Å². The normalized spacial score (nSPS) is 12.7. The largest absolute Gasteiger partial charge is 0.324 e. The summed E-state index contributed by atoms with van der Waals surface area (Å²) >= 11 is 1.09. The van der Waals surface area contributed by atoms with E-state index in [1.807, 2.05) is 13.0 Å². The number of nitrogens with one attached hydrogen (secondary N) is 1. The molecule has 0 aliphatic heterocycles. The highest BCUT2D eigenvalue weighted by Gasteiger charge is 2.29. The second kappa shape index (κ2) is 7.40. The Kier molecular flexibility index (Phi) is 5.31. The second-order valence-electron chi connectivity index (χ2n) is 6.67. The zero-order valence-electron chi connectivity index (χ0n) is 16.0. The number of anilines is 2. The minimum atomic E-state index is -3.68. The molecular formula is C19H21N3O4S2. The van der Waals surface area contributed by atoms with Crippen LogP contribution in [0, 0.1) is 6.92 Å². The van der Waals surface area contributed by atoms with Crippen LogP contribution in [0.15, 0.2) is 47.3 Å². The Balaban J connectivity index is 1.90. The fourth-order valence-corrected chi connectivity index (χ4v) is 5.12. The Morgan fingerprint density at radius 1 is 1.21 bits per heavy atom. The Bertz CT molecular complexity index is 1210. The first kappa shape index (κ1) is 20.1. The lowest BCUT2D eigenvalue weighted by Gasteiger charge is -2.28. The molecule has 0 aliphatic carbocycles. The van der Waals surface area contributed by atoms with E-state index in [1.165, 1.54) is 11.5 Å². The molecule has 0 bridgehead atoms. The highest BCUT2D eigenvalue weighted by Crippen LogP contribution is 2.24. The number of carbonyl (C=O) groups is 1. The third kappa shape index (κ3) is 3.95. The van der Waals surface area contributed by atoms with Gasteiger partial charge < -0.3 is 9.88 Å². The molecule has 0 aliphatic rings. The van der Waals surface area contributed by atoms with Crippen LogP contribution in [0.2, 0.25) is 0 Å². The van der Waals surface area contributed by atoms with E-state index in [0.29, 0.717) is 11.4 Å². The molecule has 1 heterocycles. The Hall–Kier alpha value is -2.65. The molecule has 3 aromatic rings. The highest BCUT2D eigenvalue weighted by atomic mass is 32.2. The number of carbonyl (C=O) groups excluding carboxylic acids is 1. The number of amides is 1. The third-order valence-corrected chi connectivity index (χ3v) is 6.64. The number of hydrogen-bond donors (Lipinski definition) is 1. The predicted molar refractivity (Wildman–Crippen MR) is 114 cm³/mol. The van der Waals surface area contributed by atoms with E-state index in [1.54, 1.807) is 43.4 Å². The summed E-state index contributed by atoms with van der Waals surface area (Å²) in [4.78, 5) is 24.5. The van der Waals surface area contributed by atoms with Crippen molar-refractivity contribution in [2.24, 2.45) is 7.05 Å². The van der Waals surface area contributed by atoms with Crippen molar-refractivity contribution in [2.45, 2.75) is 19.9 Å². The number of benzene rings is 2. The van der Waals surface area contributed by atoms with Gasteiger partial charge in [-0.05, 0) is 49.7 Å². The first-order chi connectivity index (χ1) is 13.1. The number of sulfonamides is 1. The molecule has 7 nitrogen and oxygen atoms in total. The Labute approximate surface area is 167 Å². The molecule has 1 atom stereocenters. The molecule has 2 aromatic carbocycles. The number of aromatic nitrogens is 1. The molecule has 1 aromatic heterocycles. The average molecular weight is 420 g/mol. The van der Waals surface area contributed by atoms with Crippen molar-refractivity contribution < 1.29 is 13.2 Å². The average Bonchev–Trinajstić information content (AvgIpc) is 2.87. The van der Waals surface area contributed by atoms with Crippen molar-refractivity contribution >= 4 is 48.9 Å². The number of hydrogen-bond acceptors (Lipinski definition) is 5. The number of rotatable bonds is 5. The van der Waals surface area contributed by atoms with Crippen LogP contribution in [0.3, 0.4) is 0 Å². The summed E-state index contributed by atoms with van der Waals surface area (Å²) in [5, 5.41) is 2.75. The second-order valence-corrected chi connectivity index (χ2v) is 9.53. The summed E-state index contributed by atoms with van der Waals surface area (Å²) < 4.78 is 28.1. The maximum absolute atomic E-state index is 12.8. The fourth-order valence-electron chi connectivity index (χ4n) is 3.03. The van der Waals surface area contributed by atoms with E-state index < -0.39 is 22.0 Å². The van der Waals surface area contributed by atoms with Crippen LogP contribution in [-0.2, 0) is 21.9 Å². The summed E-state index contributed by atoms with van der Waals surface area (Å²) in [5.41, 5.74) is 2.60. The molecule has 0 unspecified atom stereocenters. The molecule has 0 saturated carbocycles. The number of fused-ring (bicyclic) bond motifs is 1. The van der Waals surface area contributed by atoms with Gasteiger partial charge in [-0.3, -0.25) is 13.9 Å². The maximum Gasteiger partial charge on any atom is 0.307 e. The van der Waals surface area contributed by atoms with Crippen molar-refractivity contribution in [1.82, 2.24) is 4.57 Å². The number of nitrogens with zero attached hydrogens (tertiary/aromatic N) is 2. The lowest BCUT2D eigenvalue weighted by atomic mass is 10.2. The fraction of sp³-hybridized carbons (Fsp3) is 0.263. The van der Waals surface area contributed by atoms with Crippen molar-refractivity contribution in [1.29, 1.82) is 0 Å². The predicted octanol–water partition coefficient (Wildman–Crippen LogP) is 2.70. The van der Waals surface area contributed by atoms with E-state index in [0.717, 1.165) is 37.7 Å². The molecule has 0 fully saturated rings. The van der Waals surface area contributed by atoms with Gasteiger partial charge in [0.15, 0.2) is 0 Å². The van der Waals surface area contributed by atoms with Crippen molar-refractivity contribution in [2.75, 3.05) is 15.9 Å². The minimum absolute atomic E-state index is 0.0884. The Morgan fingerprint density at radius 3 is 2.57 bits per heavy atom. The van der Waals surface area contributed by atoms with Crippen molar-refractivity contribution in [3.05, 3.63) is 57.7 Å². The van der Waals surface area contributed by atoms with E-state index in [9.17, 15) is 18.0 Å². The van der Waals surface area contributed by atoms with E-state index in [-0.39, 0.29) is 4.87 Å². The van der Waals surface area contributed by atoms with Crippen LogP contribution in [0.5, 0.6) is 0 Å². The number of aryl methyl sites for hydroxylation is 2. The first-order valence-corrected chi connectivity index (χ1v) is 11.2. The molecule has 1 N–H and O–H groups in total. The summed E-state index contributed by atoms with van der Waals surface area (Å²) in [6.07, 6.45) is 1.08. The lowest BCUT2D eigenvalue weighted by Crippen LogP contribution is -2.45. The van der Waals surface area contributed by atoms with E-state index in [2.05, 4.69) is 5.32 Å². The summed E-state index contributed by atoms with van der Waals surface area (Å²) in [6, 6.07) is 11.2. The maximum atomic E-state index is 12.8. The quantitative estimate of drug-likeness (QED) is 0.689. The van der Waals surface area contributed by atoms with Gasteiger partial charge in [0.1, 0.15) is 6.04 Å². The minimum Gasteiger partial charge on any atom is -0.324 e. The van der Waals surface area contributed by atoms with Crippen molar-refractivity contribution in [3.8, 4) is 0 Å². The van der Waals surface area contributed by atoms with Gasteiger partial charge in [-0.1, -0.05) is 23.5 Å². The zero-order chi connectivity index (χ0) is 20.6. The van der Waals surface area contributed by atoms with Gasteiger partial charge in [0.05, 0.1) is 22.2 Å². The third-order valence-electron chi connectivity index (χ3n) is 4.40. The van der Waals surface area contributed by atoms with Crippen LogP contribution in [0.25, 0.3) is 10.2 Å². The highest BCUT2D eigenvalue weighted by molar-refractivity contribution is 7.92. The first-order valence-electron chi connectivity index (χ1n) is 8.54. The van der Waals surface area contributed by atoms with Gasteiger partial charge >= 0.3 is 4.87 Å². The van der Waals surface area contributed by atoms with Crippen LogP contribution < -0.4 is 14.5 Å². The van der Waals surface area contributed by atoms with E-state index >= 15 is 0 Å². The molecule has 1 amide bonds. The standard InChI is InChI=1S/C19H21N3O4S2/c1-12-6-5-7-15(10-12)22(28(4,25)26)13(2)18(23)20-14-8-9-16-17(11-14)27-19(24)21(16)3/h5-11,13H,1-4H3,(H,20,23)/t13-/m1/s1. The molecular weight excluding hydrogens is 398 g/mol. The zero-order valence-corrected chi connectivity index (χ0v) is 17.6. The van der Waals surface area contributed by atoms with Gasteiger partial charge in [-0.2, -0.15) is 0 Å². The monoisotopic (exact) mass is 419 g/mol. The molecule has 9 heteroatoms. The number of thiazole rings is 1. The molecule has 148 valence electrons. The molecule has 28 heavy (non-hydrogen) atoms. The SMILES string of the molecule is Cc1cccc(N([C@H](C)C(=O)Nc2ccc3c(c2)sc(=O)n3C)S(C)(=O)=O)c1. The van der Waals surface area contributed by atoms with Crippen LogP contribution in [-0.4, -0.2) is 31.2 Å². The summed E-state index contributed by atoms with van der Waals surface area (Å²) in [7, 11) is -1.99. The smallest absolute Gasteiger partial charge is 0.307 e. The summed E-state index contributed by atoms with van der Waals surface area (Å²) in [6.45, 7) is 3.40. The van der Waals surface area contributed by atoms with Gasteiger partial charge in [-0.25, -0.2) is 8.42 Å². The molecule has 0 radical (unpaired) electrons. The van der Waals surface area contributed by atoms with Gasteiger partial charge in [-0.15, -0.1) is 0 Å². The molecule has 0 saturated heterocycles. The van der Waals surface area contributed by atoms with Gasteiger partial charge in [0, 0.05) is 12.7 Å². The topological polar surface area (TPSA) is 88.5 Å². The Morgan fingerprint density at radius 2 is 1.93 bits per heavy atom. The molecule has 3 rings (SSSR count). The van der Waals surface area contributed by atoms with Gasteiger partial charge in [0.25, 0.3) is 0 Å². The van der Waals surface area contributed by atoms with Crippen molar-refractivity contribution in [3.63, 3.8) is 0 Å².